The van der Waals surface area contributed by atoms with E-state index in [1.807, 2.05) is 0 Å². The summed E-state index contributed by atoms with van der Waals surface area (Å²) in [5.74, 6) is -1.02. The molecular weight excluding hydrogens is 329 g/mol. The molecule has 0 aliphatic rings. The maximum atomic E-state index is 12.6. The van der Waals surface area contributed by atoms with E-state index in [2.05, 4.69) is 25.7 Å². The number of aliphatic hydroxyl groups excluding tert-OH is 1. The molecule has 0 amide bonds. The molecule has 1 heterocycles. The van der Waals surface area contributed by atoms with Crippen molar-refractivity contribution in [2.24, 2.45) is 0 Å². The quantitative estimate of drug-likeness (QED) is 0.678. The summed E-state index contributed by atoms with van der Waals surface area (Å²) < 4.78 is 65.3. The van der Waals surface area contributed by atoms with Gasteiger partial charge in [0.25, 0.3) is 6.43 Å². The fourth-order valence-corrected chi connectivity index (χ4v) is 1.83. The van der Waals surface area contributed by atoms with Crippen LogP contribution in [0.4, 0.5) is 22.0 Å². The van der Waals surface area contributed by atoms with Gasteiger partial charge in [-0.3, -0.25) is 4.98 Å². The van der Waals surface area contributed by atoms with Gasteiger partial charge >= 0.3 is 6.36 Å². The van der Waals surface area contributed by atoms with Gasteiger partial charge in [0.15, 0.2) is 0 Å². The van der Waals surface area contributed by atoms with Crippen molar-refractivity contribution < 1.29 is 31.8 Å². The summed E-state index contributed by atoms with van der Waals surface area (Å²) in [6.45, 7) is -0.682. The van der Waals surface area contributed by atoms with E-state index in [1.54, 1.807) is 0 Å². The number of pyridine rings is 1. The molecule has 0 spiro atoms. The number of aliphatic hydroxyl groups is 1. The van der Waals surface area contributed by atoms with Gasteiger partial charge in [-0.1, -0.05) is 15.9 Å². The number of nitrogens with zero attached hydrogens (tertiary/aromatic N) is 1. The molecule has 0 fully saturated rings. The lowest BCUT2D eigenvalue weighted by atomic mass is 10.1. The Bertz CT molecular complexity index is 424. The zero-order valence-corrected chi connectivity index (χ0v) is 10.2. The molecule has 3 nitrogen and oxygen atoms in total. The predicted octanol–water partition coefficient (Wildman–Crippen LogP) is 3.31. The molecule has 0 radical (unpaired) electrons. The van der Waals surface area contributed by atoms with Crippen molar-refractivity contribution in [3.05, 3.63) is 23.0 Å². The first-order valence-corrected chi connectivity index (χ1v) is 5.63. The topological polar surface area (TPSA) is 42.4 Å². The van der Waals surface area contributed by atoms with Gasteiger partial charge in [0.1, 0.15) is 5.75 Å². The highest BCUT2D eigenvalue weighted by molar-refractivity contribution is 9.08. The first kappa shape index (κ1) is 15.1. The largest absolute Gasteiger partial charge is 0.573 e. The van der Waals surface area contributed by atoms with E-state index in [0.29, 0.717) is 6.20 Å². The molecule has 102 valence electrons. The number of aromatic nitrogens is 1. The van der Waals surface area contributed by atoms with E-state index >= 15 is 0 Å². The monoisotopic (exact) mass is 335 g/mol. The summed E-state index contributed by atoms with van der Waals surface area (Å²) in [5, 5.41) is 8.69. The van der Waals surface area contributed by atoms with Crippen molar-refractivity contribution in [1.29, 1.82) is 0 Å². The van der Waals surface area contributed by atoms with Gasteiger partial charge in [0.2, 0.25) is 0 Å². The van der Waals surface area contributed by atoms with Crippen LogP contribution in [-0.4, -0.2) is 16.5 Å². The Morgan fingerprint density at radius 2 is 2.00 bits per heavy atom. The summed E-state index contributed by atoms with van der Waals surface area (Å²) in [7, 11) is 0. The highest BCUT2D eigenvalue weighted by Crippen LogP contribution is 2.37. The van der Waals surface area contributed by atoms with E-state index < -0.39 is 30.7 Å². The molecule has 0 aliphatic heterocycles. The Morgan fingerprint density at radius 3 is 2.39 bits per heavy atom. The number of alkyl halides is 6. The minimum Gasteiger partial charge on any atom is -0.405 e. The lowest BCUT2D eigenvalue weighted by Crippen LogP contribution is -2.20. The van der Waals surface area contributed by atoms with Gasteiger partial charge in [-0.2, -0.15) is 0 Å². The Labute approximate surface area is 107 Å². The van der Waals surface area contributed by atoms with E-state index in [1.165, 1.54) is 0 Å². The normalized spacial score (nSPS) is 12.0. The molecule has 1 N–H and O–H groups in total. The third kappa shape index (κ3) is 3.52. The minimum absolute atomic E-state index is 0.157. The van der Waals surface area contributed by atoms with Crippen molar-refractivity contribution in [3.63, 3.8) is 0 Å². The summed E-state index contributed by atoms with van der Waals surface area (Å²) in [5.41, 5.74) is -1.39. The highest BCUT2D eigenvalue weighted by Gasteiger charge is 2.35. The highest BCUT2D eigenvalue weighted by atomic mass is 79.9. The van der Waals surface area contributed by atoms with Crippen molar-refractivity contribution >= 4 is 15.9 Å². The van der Waals surface area contributed by atoms with Crippen LogP contribution in [0.3, 0.4) is 0 Å². The van der Waals surface area contributed by atoms with Crippen molar-refractivity contribution in [2.45, 2.75) is 24.7 Å². The molecule has 9 heteroatoms. The lowest BCUT2D eigenvalue weighted by molar-refractivity contribution is -0.275. The average Bonchev–Trinajstić information content (AvgIpc) is 2.25. The van der Waals surface area contributed by atoms with Gasteiger partial charge in [0.05, 0.1) is 17.9 Å². The number of hydrogen-bond acceptors (Lipinski definition) is 3. The second-order valence-electron chi connectivity index (χ2n) is 3.11. The van der Waals surface area contributed by atoms with Gasteiger partial charge in [-0.25, -0.2) is 8.78 Å². The maximum Gasteiger partial charge on any atom is 0.573 e. The van der Waals surface area contributed by atoms with E-state index in [-0.39, 0.29) is 16.6 Å². The molecular formula is C9H7BrF5NO2. The number of rotatable bonds is 4. The Morgan fingerprint density at radius 1 is 1.39 bits per heavy atom. The molecule has 0 saturated heterocycles. The number of hydrogen-bond donors (Lipinski definition) is 1. The lowest BCUT2D eigenvalue weighted by Gasteiger charge is -2.17. The Hall–Kier alpha value is -0.960. The molecule has 0 unspecified atom stereocenters. The first-order chi connectivity index (χ1) is 8.30. The van der Waals surface area contributed by atoms with E-state index in [4.69, 9.17) is 5.11 Å². The molecule has 1 aromatic rings. The average molecular weight is 336 g/mol. The van der Waals surface area contributed by atoms with Crippen LogP contribution in [-0.2, 0) is 11.9 Å². The minimum atomic E-state index is -5.10. The molecule has 1 rings (SSSR count). The molecule has 1 aromatic heterocycles. The predicted molar refractivity (Wildman–Crippen MR) is 54.4 cm³/mol. The molecule has 0 atom stereocenters. The third-order valence-corrected chi connectivity index (χ3v) is 2.54. The van der Waals surface area contributed by atoms with Crippen LogP contribution in [0.25, 0.3) is 0 Å². The second-order valence-corrected chi connectivity index (χ2v) is 3.67. The Kier molecular flexibility index (Phi) is 4.85. The summed E-state index contributed by atoms with van der Waals surface area (Å²) in [6, 6.07) is 0. The summed E-state index contributed by atoms with van der Waals surface area (Å²) in [4.78, 5) is 3.47. The Balaban J connectivity index is 3.38. The van der Waals surface area contributed by atoms with Crippen LogP contribution >= 0.6 is 15.9 Å². The first-order valence-electron chi connectivity index (χ1n) is 4.51. The fourth-order valence-electron chi connectivity index (χ4n) is 1.26. The number of ether oxygens (including phenoxy) is 1. The van der Waals surface area contributed by atoms with Crippen LogP contribution in [0.2, 0.25) is 0 Å². The standard InChI is InChI=1S/C9H7BrF5NO2/c10-1-4-6(3-17)16-2-5(8(11)12)7(4)18-9(13,14)15/h2,8,17H,1,3H2. The van der Waals surface area contributed by atoms with Crippen LogP contribution in [0.1, 0.15) is 23.2 Å². The van der Waals surface area contributed by atoms with Gasteiger partial charge < -0.3 is 9.84 Å². The van der Waals surface area contributed by atoms with Crippen LogP contribution in [0.15, 0.2) is 6.20 Å². The number of halogens is 6. The molecule has 0 aromatic carbocycles. The van der Waals surface area contributed by atoms with Gasteiger partial charge in [-0.05, 0) is 0 Å². The molecule has 0 aliphatic carbocycles. The molecule has 0 saturated carbocycles. The van der Waals surface area contributed by atoms with Crippen LogP contribution < -0.4 is 4.74 Å². The smallest absolute Gasteiger partial charge is 0.405 e. The SMILES string of the molecule is OCc1ncc(C(F)F)c(OC(F)(F)F)c1CBr. The van der Waals surface area contributed by atoms with Crippen molar-refractivity contribution in [3.8, 4) is 5.75 Å². The van der Waals surface area contributed by atoms with Crippen LogP contribution in [0.5, 0.6) is 5.75 Å². The van der Waals surface area contributed by atoms with Gasteiger partial charge in [0, 0.05) is 17.1 Å². The van der Waals surface area contributed by atoms with Gasteiger partial charge in [-0.15, -0.1) is 13.2 Å². The zero-order valence-electron chi connectivity index (χ0n) is 8.64. The van der Waals surface area contributed by atoms with Crippen molar-refractivity contribution in [1.82, 2.24) is 4.98 Å². The van der Waals surface area contributed by atoms with Crippen LogP contribution in [0, 0.1) is 0 Å². The van der Waals surface area contributed by atoms with Crippen molar-refractivity contribution in [2.75, 3.05) is 0 Å². The summed E-state index contributed by atoms with van der Waals surface area (Å²) in [6.07, 6.45) is -7.71. The van der Waals surface area contributed by atoms with E-state index in [9.17, 15) is 22.0 Å². The fraction of sp³-hybridized carbons (Fsp3) is 0.444. The molecule has 18 heavy (non-hydrogen) atoms. The maximum absolute atomic E-state index is 12.6. The second kappa shape index (κ2) is 5.79. The zero-order chi connectivity index (χ0) is 13.9. The summed E-state index contributed by atoms with van der Waals surface area (Å²) >= 11 is 2.85. The van der Waals surface area contributed by atoms with E-state index in [0.717, 1.165) is 0 Å². The third-order valence-electron chi connectivity index (χ3n) is 1.98. The molecule has 0 bridgehead atoms.